The fourth-order valence-corrected chi connectivity index (χ4v) is 1.57. The Morgan fingerprint density at radius 3 is 2.69 bits per heavy atom. The van der Waals surface area contributed by atoms with Crippen molar-refractivity contribution in [2.24, 2.45) is 0 Å². The number of aryl methyl sites for hydroxylation is 1. The van der Waals surface area contributed by atoms with Crippen molar-refractivity contribution in [3.63, 3.8) is 0 Å². The predicted molar refractivity (Wildman–Crippen MR) is 60.9 cm³/mol. The molecule has 88 valence electrons. The summed E-state index contributed by atoms with van der Waals surface area (Å²) < 4.78 is 0. The first-order valence-electron chi connectivity index (χ1n) is 5.26. The lowest BCUT2D eigenvalue weighted by Crippen LogP contribution is -2.31. The minimum atomic E-state index is -0.817. The van der Waals surface area contributed by atoms with E-state index in [-0.39, 0.29) is 12.5 Å². The van der Waals surface area contributed by atoms with E-state index in [4.69, 9.17) is 9.94 Å². The quantitative estimate of drug-likeness (QED) is 0.689. The maximum atomic E-state index is 10.6. The van der Waals surface area contributed by atoms with Crippen LogP contribution in [0.5, 0.6) is 0 Å². The van der Waals surface area contributed by atoms with Crippen LogP contribution in [-0.2, 0) is 16.1 Å². The summed E-state index contributed by atoms with van der Waals surface area (Å²) in [7, 11) is 1.50. The Kier molecular flexibility index (Phi) is 5.53. The standard InChI is InChI=1S/C12H17NO3/c1-16-13-11(9-12(14)15)8-7-10-5-3-2-4-6-10/h2-6,11,13H,7-9H2,1H3,(H,14,15). The van der Waals surface area contributed by atoms with Crippen molar-refractivity contribution in [3.05, 3.63) is 35.9 Å². The van der Waals surface area contributed by atoms with E-state index < -0.39 is 5.97 Å². The number of carboxylic acids is 1. The molecular weight excluding hydrogens is 206 g/mol. The monoisotopic (exact) mass is 223 g/mol. The highest BCUT2D eigenvalue weighted by atomic mass is 16.6. The Hall–Kier alpha value is -1.39. The van der Waals surface area contributed by atoms with Gasteiger partial charge in [-0.25, -0.2) is 0 Å². The first kappa shape index (κ1) is 12.7. The van der Waals surface area contributed by atoms with Gasteiger partial charge in [0.2, 0.25) is 0 Å². The molecule has 4 nitrogen and oxygen atoms in total. The van der Waals surface area contributed by atoms with Crippen LogP contribution in [0.1, 0.15) is 18.4 Å². The van der Waals surface area contributed by atoms with Crippen LogP contribution < -0.4 is 5.48 Å². The Balaban J connectivity index is 2.40. The van der Waals surface area contributed by atoms with Crippen molar-refractivity contribution in [3.8, 4) is 0 Å². The van der Waals surface area contributed by atoms with E-state index in [0.29, 0.717) is 0 Å². The molecule has 1 aromatic carbocycles. The third-order valence-corrected chi connectivity index (χ3v) is 2.33. The first-order valence-corrected chi connectivity index (χ1v) is 5.26. The molecule has 0 radical (unpaired) electrons. The van der Waals surface area contributed by atoms with Crippen molar-refractivity contribution >= 4 is 5.97 Å². The van der Waals surface area contributed by atoms with E-state index in [0.717, 1.165) is 12.8 Å². The van der Waals surface area contributed by atoms with Gasteiger partial charge in [-0.2, -0.15) is 5.48 Å². The van der Waals surface area contributed by atoms with E-state index in [1.807, 2.05) is 30.3 Å². The molecule has 0 aliphatic carbocycles. The van der Waals surface area contributed by atoms with Crippen molar-refractivity contribution < 1.29 is 14.7 Å². The van der Waals surface area contributed by atoms with Gasteiger partial charge in [0, 0.05) is 6.04 Å². The molecule has 0 spiro atoms. The van der Waals surface area contributed by atoms with Gasteiger partial charge in [0.05, 0.1) is 13.5 Å². The second-order valence-corrected chi connectivity index (χ2v) is 3.64. The largest absolute Gasteiger partial charge is 0.481 e. The first-order chi connectivity index (χ1) is 7.72. The molecule has 0 saturated heterocycles. The van der Waals surface area contributed by atoms with Gasteiger partial charge in [0.15, 0.2) is 0 Å². The second-order valence-electron chi connectivity index (χ2n) is 3.64. The van der Waals surface area contributed by atoms with Crippen LogP contribution in [0.3, 0.4) is 0 Å². The average Bonchev–Trinajstić information content (AvgIpc) is 2.27. The van der Waals surface area contributed by atoms with E-state index in [1.54, 1.807) is 0 Å². The average molecular weight is 223 g/mol. The van der Waals surface area contributed by atoms with Crippen molar-refractivity contribution in [2.45, 2.75) is 25.3 Å². The molecule has 1 aromatic rings. The van der Waals surface area contributed by atoms with E-state index in [2.05, 4.69) is 5.48 Å². The lowest BCUT2D eigenvalue weighted by Gasteiger charge is -2.14. The highest BCUT2D eigenvalue weighted by Crippen LogP contribution is 2.07. The van der Waals surface area contributed by atoms with Crippen LogP contribution >= 0.6 is 0 Å². The molecule has 0 fully saturated rings. The summed E-state index contributed by atoms with van der Waals surface area (Å²) in [4.78, 5) is 15.4. The molecular formula is C12H17NO3. The number of aliphatic carboxylic acids is 1. The summed E-state index contributed by atoms with van der Waals surface area (Å²) in [6.45, 7) is 0. The van der Waals surface area contributed by atoms with E-state index in [9.17, 15) is 4.79 Å². The maximum Gasteiger partial charge on any atom is 0.305 e. The summed E-state index contributed by atoms with van der Waals surface area (Å²) in [5.41, 5.74) is 3.91. The summed E-state index contributed by atoms with van der Waals surface area (Å²) in [6.07, 6.45) is 1.65. The van der Waals surface area contributed by atoms with Gasteiger partial charge in [0.1, 0.15) is 0 Å². The molecule has 0 amide bonds. The minimum absolute atomic E-state index is 0.0701. The zero-order valence-corrected chi connectivity index (χ0v) is 9.35. The highest BCUT2D eigenvalue weighted by molar-refractivity contribution is 5.67. The van der Waals surface area contributed by atoms with Gasteiger partial charge < -0.3 is 9.94 Å². The predicted octanol–water partition coefficient (Wildman–Crippen LogP) is 1.61. The topological polar surface area (TPSA) is 58.6 Å². The summed E-state index contributed by atoms with van der Waals surface area (Å²) in [6, 6.07) is 9.83. The zero-order chi connectivity index (χ0) is 11.8. The van der Waals surface area contributed by atoms with Crippen LogP contribution in [-0.4, -0.2) is 24.2 Å². The Bertz CT molecular complexity index is 313. The van der Waals surface area contributed by atoms with Gasteiger partial charge >= 0.3 is 5.97 Å². The molecule has 2 N–H and O–H groups in total. The maximum absolute atomic E-state index is 10.6. The Morgan fingerprint density at radius 2 is 2.12 bits per heavy atom. The van der Waals surface area contributed by atoms with Crippen molar-refractivity contribution in [1.29, 1.82) is 0 Å². The fraction of sp³-hybridized carbons (Fsp3) is 0.417. The van der Waals surface area contributed by atoms with Gasteiger partial charge in [-0.3, -0.25) is 4.79 Å². The number of hydrogen-bond acceptors (Lipinski definition) is 3. The number of nitrogens with one attached hydrogen (secondary N) is 1. The molecule has 1 rings (SSSR count). The minimum Gasteiger partial charge on any atom is -0.481 e. The molecule has 1 atom stereocenters. The molecule has 0 aromatic heterocycles. The van der Waals surface area contributed by atoms with Crippen LogP contribution in [0.25, 0.3) is 0 Å². The van der Waals surface area contributed by atoms with Crippen molar-refractivity contribution in [2.75, 3.05) is 7.11 Å². The molecule has 0 heterocycles. The van der Waals surface area contributed by atoms with Gasteiger partial charge in [-0.15, -0.1) is 0 Å². The highest BCUT2D eigenvalue weighted by Gasteiger charge is 2.12. The number of rotatable bonds is 7. The second kappa shape index (κ2) is 6.98. The Morgan fingerprint density at radius 1 is 1.44 bits per heavy atom. The normalized spacial score (nSPS) is 12.3. The third-order valence-electron chi connectivity index (χ3n) is 2.33. The van der Waals surface area contributed by atoms with Crippen LogP contribution in [0, 0.1) is 0 Å². The molecule has 0 aliphatic rings. The lowest BCUT2D eigenvalue weighted by atomic mass is 10.0. The van der Waals surface area contributed by atoms with Gasteiger partial charge in [-0.1, -0.05) is 30.3 Å². The van der Waals surface area contributed by atoms with Crippen LogP contribution in [0.4, 0.5) is 0 Å². The lowest BCUT2D eigenvalue weighted by molar-refractivity contribution is -0.138. The van der Waals surface area contributed by atoms with Crippen molar-refractivity contribution in [1.82, 2.24) is 5.48 Å². The summed E-state index contributed by atoms with van der Waals surface area (Å²) in [5.74, 6) is -0.817. The van der Waals surface area contributed by atoms with E-state index in [1.165, 1.54) is 12.7 Å². The number of carbonyl (C=O) groups is 1. The Labute approximate surface area is 95.2 Å². The number of hydrogen-bond donors (Lipinski definition) is 2. The molecule has 16 heavy (non-hydrogen) atoms. The summed E-state index contributed by atoms with van der Waals surface area (Å²) >= 11 is 0. The number of hydroxylamine groups is 1. The van der Waals surface area contributed by atoms with Crippen LogP contribution in [0.2, 0.25) is 0 Å². The summed E-state index contributed by atoms with van der Waals surface area (Å²) in [5, 5.41) is 8.71. The third kappa shape index (κ3) is 4.91. The molecule has 0 aliphatic heterocycles. The van der Waals surface area contributed by atoms with Gasteiger partial charge in [0.25, 0.3) is 0 Å². The van der Waals surface area contributed by atoms with Crippen LogP contribution in [0.15, 0.2) is 30.3 Å². The number of benzene rings is 1. The molecule has 0 bridgehead atoms. The SMILES string of the molecule is CONC(CCc1ccccc1)CC(=O)O. The smallest absolute Gasteiger partial charge is 0.305 e. The molecule has 0 saturated carbocycles. The van der Waals surface area contributed by atoms with E-state index >= 15 is 0 Å². The fourth-order valence-electron chi connectivity index (χ4n) is 1.57. The van der Waals surface area contributed by atoms with Gasteiger partial charge in [-0.05, 0) is 18.4 Å². The zero-order valence-electron chi connectivity index (χ0n) is 9.35. The number of carboxylic acid groups (broad SMARTS) is 1. The molecule has 1 unspecified atom stereocenters. The molecule has 4 heteroatoms.